The number of esters is 1. The number of piperidine rings is 1. The van der Waals surface area contributed by atoms with Crippen LogP contribution in [0.1, 0.15) is 112 Å². The van der Waals surface area contributed by atoms with E-state index in [2.05, 4.69) is 0 Å². The van der Waals surface area contributed by atoms with Crippen LogP contribution in [0.2, 0.25) is 0 Å². The molecule has 2 bridgehead atoms. The zero-order valence-electron chi connectivity index (χ0n) is 34.1. The number of amides is 1. The van der Waals surface area contributed by atoms with E-state index in [0.717, 1.165) is 10.5 Å². The van der Waals surface area contributed by atoms with Crippen molar-refractivity contribution in [2.24, 2.45) is 29.6 Å². The van der Waals surface area contributed by atoms with Gasteiger partial charge in [0.25, 0.3) is 11.7 Å². The van der Waals surface area contributed by atoms with Crippen molar-refractivity contribution in [3.8, 4) is 0 Å². The first-order valence-electron chi connectivity index (χ1n) is 20.4. The SMILES string of the molecule is CCC1/C=C(\C)C[C@H](C)C[C@H](O)[C@H]2O[C@@](O)(C(=O)C(=O)N3CCCC[C@H]3C(=O)O[C@H](/C(C)=C/[C@@H]3CC[C@@H](O)[C@H](OC)C3)[C@H](C)[C@@H](O)CC1=O)[C@H](C)C[C@@H]2OC. The summed E-state index contributed by atoms with van der Waals surface area (Å²) in [6.07, 6.45) is 2.15. The minimum Gasteiger partial charge on any atom is -0.456 e. The van der Waals surface area contributed by atoms with E-state index in [9.17, 15) is 39.6 Å². The molecule has 14 atom stereocenters. The van der Waals surface area contributed by atoms with E-state index in [1.807, 2.05) is 39.8 Å². The maximum absolute atomic E-state index is 14.2. The van der Waals surface area contributed by atoms with Gasteiger partial charge in [-0.2, -0.15) is 0 Å². The third-order valence-corrected chi connectivity index (χ3v) is 12.6. The monoisotopic (exact) mass is 777 g/mol. The van der Waals surface area contributed by atoms with Crippen LogP contribution in [-0.2, 0) is 38.1 Å². The Morgan fingerprint density at radius 2 is 1.62 bits per heavy atom. The van der Waals surface area contributed by atoms with Gasteiger partial charge in [0.05, 0.1) is 30.5 Å². The van der Waals surface area contributed by atoms with Crippen LogP contribution in [0.4, 0.5) is 0 Å². The number of ether oxygens (including phenoxy) is 4. The number of aliphatic hydroxyl groups excluding tert-OH is 3. The lowest BCUT2D eigenvalue weighted by Gasteiger charge is -2.46. The zero-order chi connectivity index (χ0) is 40.8. The van der Waals surface area contributed by atoms with Gasteiger partial charge in [-0.3, -0.25) is 14.4 Å². The lowest BCUT2D eigenvalue weighted by molar-refractivity contribution is -0.301. The van der Waals surface area contributed by atoms with E-state index in [-0.39, 0.29) is 56.0 Å². The molecule has 2 saturated heterocycles. The molecule has 312 valence electrons. The molecule has 0 radical (unpaired) electrons. The molecule has 0 aromatic heterocycles. The molecule has 13 nitrogen and oxygen atoms in total. The number of aliphatic hydroxyl groups is 4. The van der Waals surface area contributed by atoms with Crippen LogP contribution in [0.3, 0.4) is 0 Å². The molecule has 1 amide bonds. The van der Waals surface area contributed by atoms with E-state index >= 15 is 0 Å². The quantitative estimate of drug-likeness (QED) is 0.180. The number of hydrogen-bond donors (Lipinski definition) is 4. The Bertz CT molecular complexity index is 1410. The van der Waals surface area contributed by atoms with E-state index in [1.54, 1.807) is 21.0 Å². The second kappa shape index (κ2) is 19.8. The fraction of sp³-hybridized carbons (Fsp3) is 0.810. The Morgan fingerprint density at radius 3 is 2.27 bits per heavy atom. The summed E-state index contributed by atoms with van der Waals surface area (Å²) < 4.78 is 23.4. The molecule has 55 heavy (non-hydrogen) atoms. The van der Waals surface area contributed by atoms with Gasteiger partial charge in [0.1, 0.15) is 24.0 Å². The number of rotatable bonds is 5. The van der Waals surface area contributed by atoms with Gasteiger partial charge in [-0.05, 0) is 95.5 Å². The van der Waals surface area contributed by atoms with Gasteiger partial charge in [-0.15, -0.1) is 0 Å². The third-order valence-electron chi connectivity index (χ3n) is 12.6. The largest absolute Gasteiger partial charge is 0.456 e. The van der Waals surface area contributed by atoms with Crippen LogP contribution in [0.5, 0.6) is 0 Å². The summed E-state index contributed by atoms with van der Waals surface area (Å²) in [5, 5.41) is 45.3. The molecular weight excluding hydrogens is 710 g/mol. The van der Waals surface area contributed by atoms with Gasteiger partial charge in [0, 0.05) is 44.9 Å². The van der Waals surface area contributed by atoms with Crippen LogP contribution < -0.4 is 0 Å². The van der Waals surface area contributed by atoms with Crippen LogP contribution in [0.25, 0.3) is 0 Å². The summed E-state index contributed by atoms with van der Waals surface area (Å²) in [6.45, 7) is 11.0. The first-order valence-corrected chi connectivity index (χ1v) is 20.4. The van der Waals surface area contributed by atoms with Crippen molar-refractivity contribution in [3.63, 3.8) is 0 Å². The Kier molecular flexibility index (Phi) is 16.2. The number of carbonyl (C=O) groups excluding carboxylic acids is 4. The maximum atomic E-state index is 14.2. The van der Waals surface area contributed by atoms with Crippen molar-refractivity contribution in [1.29, 1.82) is 0 Å². The molecule has 3 fully saturated rings. The number of fused-ring (bicyclic) bond motifs is 3. The molecule has 0 aromatic rings. The van der Waals surface area contributed by atoms with Crippen LogP contribution in [0.15, 0.2) is 23.3 Å². The Balaban J connectivity index is 1.75. The lowest BCUT2D eigenvalue weighted by atomic mass is 9.81. The molecule has 13 heteroatoms. The van der Waals surface area contributed by atoms with E-state index in [0.29, 0.717) is 50.5 Å². The molecule has 1 aliphatic carbocycles. The lowest BCUT2D eigenvalue weighted by Crippen LogP contribution is -2.64. The molecule has 3 heterocycles. The topological polar surface area (TPSA) is 189 Å². The number of carbonyl (C=O) groups is 4. The molecule has 4 aliphatic rings. The number of hydrogen-bond acceptors (Lipinski definition) is 12. The number of allylic oxidation sites excluding steroid dienone is 3. The van der Waals surface area contributed by atoms with Gasteiger partial charge < -0.3 is 44.3 Å². The highest BCUT2D eigenvalue weighted by molar-refractivity contribution is 6.39. The fourth-order valence-corrected chi connectivity index (χ4v) is 9.19. The molecule has 1 unspecified atom stereocenters. The average Bonchev–Trinajstić information content (AvgIpc) is 3.15. The first-order chi connectivity index (χ1) is 25.9. The summed E-state index contributed by atoms with van der Waals surface area (Å²) in [5.41, 5.74) is 1.58. The van der Waals surface area contributed by atoms with Gasteiger partial charge in [-0.1, -0.05) is 45.4 Å². The highest BCUT2D eigenvalue weighted by Gasteiger charge is 2.56. The van der Waals surface area contributed by atoms with Gasteiger partial charge in [0.15, 0.2) is 0 Å². The third kappa shape index (κ3) is 10.7. The van der Waals surface area contributed by atoms with E-state index in [4.69, 9.17) is 18.9 Å². The standard InChI is InChI=1S/C42H67NO12/c1-9-29-17-23(2)16-24(3)18-34(47)38-36(53-8)20-26(5)42(51,55-38)39(48)40(49)43-15-11-10-12-30(43)41(50)54-37(27(6)32(45)22-33(29)46)25(4)19-28-13-14-31(44)35(21-28)52-7/h17,19,24,26-32,34-38,44-45,47,51H,9-16,18,20-22H2,1-8H3/b23-17+,25-19+/t24-,26+,27+,28-,29?,30-,31+,32-,34-,35+,36-,37+,38+,42+/m0/s1. The Labute approximate surface area is 326 Å². The molecule has 0 aromatic carbocycles. The summed E-state index contributed by atoms with van der Waals surface area (Å²) in [5.74, 6) is -7.97. The van der Waals surface area contributed by atoms with Gasteiger partial charge >= 0.3 is 5.97 Å². The second-order valence-electron chi connectivity index (χ2n) is 16.9. The summed E-state index contributed by atoms with van der Waals surface area (Å²) in [7, 11) is 3.02. The maximum Gasteiger partial charge on any atom is 0.329 e. The summed E-state index contributed by atoms with van der Waals surface area (Å²) >= 11 is 0. The number of nitrogens with zero attached hydrogens (tertiary/aromatic N) is 1. The minimum absolute atomic E-state index is 0.00759. The van der Waals surface area contributed by atoms with Crippen molar-refractivity contribution in [1.82, 2.24) is 4.90 Å². The highest BCUT2D eigenvalue weighted by Crippen LogP contribution is 2.39. The smallest absolute Gasteiger partial charge is 0.329 e. The van der Waals surface area contributed by atoms with Gasteiger partial charge in [0.2, 0.25) is 5.79 Å². The predicted molar refractivity (Wildman–Crippen MR) is 203 cm³/mol. The van der Waals surface area contributed by atoms with Crippen molar-refractivity contribution in [3.05, 3.63) is 23.3 Å². The molecule has 3 aliphatic heterocycles. The molecule has 4 rings (SSSR count). The Morgan fingerprint density at radius 1 is 0.927 bits per heavy atom. The fourth-order valence-electron chi connectivity index (χ4n) is 9.19. The van der Waals surface area contributed by atoms with E-state index < -0.39 is 83.9 Å². The van der Waals surface area contributed by atoms with Crippen molar-refractivity contribution < 1.29 is 58.6 Å². The zero-order valence-corrected chi connectivity index (χ0v) is 34.1. The second-order valence-corrected chi connectivity index (χ2v) is 16.9. The minimum atomic E-state index is -2.58. The molecular formula is C42H67NO12. The number of ketones is 2. The first kappa shape index (κ1) is 45.2. The molecule has 4 N–H and O–H groups in total. The predicted octanol–water partition coefficient (Wildman–Crippen LogP) is 3.82. The van der Waals surface area contributed by atoms with Crippen molar-refractivity contribution in [2.75, 3.05) is 20.8 Å². The van der Waals surface area contributed by atoms with Gasteiger partial charge in [-0.25, -0.2) is 4.79 Å². The molecule has 0 spiro atoms. The van der Waals surface area contributed by atoms with Crippen LogP contribution in [-0.4, -0.2) is 124 Å². The normalized spacial score (nSPS) is 42.1. The number of Topliss-reactive ketones (excluding diaryl/α,β-unsaturated/α-hetero) is 2. The van der Waals surface area contributed by atoms with Crippen LogP contribution >= 0.6 is 0 Å². The van der Waals surface area contributed by atoms with Crippen molar-refractivity contribution >= 4 is 23.4 Å². The van der Waals surface area contributed by atoms with E-state index in [1.165, 1.54) is 7.11 Å². The average molecular weight is 778 g/mol. The number of cyclic esters (lactones) is 1. The highest BCUT2D eigenvalue weighted by atomic mass is 16.7. The Hall–Kier alpha value is -2.52. The molecule has 1 saturated carbocycles. The van der Waals surface area contributed by atoms with Crippen molar-refractivity contribution in [2.45, 2.75) is 167 Å². The van der Waals surface area contributed by atoms with Crippen LogP contribution in [0, 0.1) is 29.6 Å². The number of methoxy groups -OCH3 is 2. The summed E-state index contributed by atoms with van der Waals surface area (Å²) in [4.78, 5) is 57.3. The summed E-state index contributed by atoms with van der Waals surface area (Å²) in [6, 6.07) is -1.16.